The molecule has 1 aliphatic carbocycles. The van der Waals surface area contributed by atoms with Crippen LogP contribution >= 0.6 is 23.2 Å². The van der Waals surface area contributed by atoms with Crippen LogP contribution in [0, 0.1) is 11.8 Å². The first-order chi connectivity index (χ1) is 12.5. The zero-order chi connectivity index (χ0) is 18.5. The molecule has 2 aromatic rings. The van der Waals surface area contributed by atoms with E-state index in [4.69, 9.17) is 23.2 Å². The van der Waals surface area contributed by atoms with Crippen LogP contribution in [0.5, 0.6) is 0 Å². The highest BCUT2D eigenvalue weighted by molar-refractivity contribution is 6.44. The average molecular weight is 391 g/mol. The number of hydrogen-bond acceptors (Lipinski definition) is 2. The standard InChI is InChI=1S/C20H20Cl2N2O2/c21-16-7-4-8-17(18(16)22)24-20(26)14-11-9-13(10-12-14)19(25)23-15-5-2-1-3-6-15/h1-8,13-14H,9-12H2,(H,23,25)(H,24,26). The predicted octanol–water partition coefficient (Wildman–Crippen LogP) is 5.38. The Kier molecular flexibility index (Phi) is 6.17. The van der Waals surface area contributed by atoms with Gasteiger partial charge in [-0.25, -0.2) is 0 Å². The highest BCUT2D eigenvalue weighted by atomic mass is 35.5. The van der Waals surface area contributed by atoms with Gasteiger partial charge in [-0.3, -0.25) is 9.59 Å². The van der Waals surface area contributed by atoms with Crippen molar-refractivity contribution in [2.45, 2.75) is 25.7 Å². The molecule has 26 heavy (non-hydrogen) atoms. The zero-order valence-electron chi connectivity index (χ0n) is 14.2. The van der Waals surface area contributed by atoms with Gasteiger partial charge in [-0.15, -0.1) is 0 Å². The van der Waals surface area contributed by atoms with E-state index in [1.807, 2.05) is 30.3 Å². The van der Waals surface area contributed by atoms with Crippen LogP contribution in [0.1, 0.15) is 25.7 Å². The number of rotatable bonds is 4. The van der Waals surface area contributed by atoms with Gasteiger partial charge in [0.2, 0.25) is 11.8 Å². The van der Waals surface area contributed by atoms with Crippen molar-refractivity contribution in [1.82, 2.24) is 0 Å². The second-order valence-corrected chi connectivity index (χ2v) is 7.28. The molecule has 0 heterocycles. The number of anilines is 2. The summed E-state index contributed by atoms with van der Waals surface area (Å²) in [4.78, 5) is 24.9. The van der Waals surface area contributed by atoms with Crippen LogP contribution in [0.2, 0.25) is 10.0 Å². The molecule has 1 saturated carbocycles. The summed E-state index contributed by atoms with van der Waals surface area (Å²) in [6.07, 6.45) is 2.74. The molecule has 0 aromatic heterocycles. The monoisotopic (exact) mass is 390 g/mol. The smallest absolute Gasteiger partial charge is 0.227 e. The summed E-state index contributed by atoms with van der Waals surface area (Å²) in [6, 6.07) is 14.6. The summed E-state index contributed by atoms with van der Waals surface area (Å²) in [5.41, 5.74) is 1.32. The topological polar surface area (TPSA) is 58.2 Å². The molecular formula is C20H20Cl2N2O2. The van der Waals surface area contributed by atoms with Crippen molar-refractivity contribution < 1.29 is 9.59 Å². The van der Waals surface area contributed by atoms with Gasteiger partial charge in [0.25, 0.3) is 0 Å². The molecule has 0 spiro atoms. The summed E-state index contributed by atoms with van der Waals surface area (Å²) in [5, 5.41) is 6.54. The third-order valence-corrected chi connectivity index (χ3v) is 5.54. The van der Waals surface area contributed by atoms with Gasteiger partial charge < -0.3 is 10.6 Å². The molecule has 1 fully saturated rings. The molecule has 0 aliphatic heterocycles. The quantitative estimate of drug-likeness (QED) is 0.736. The highest BCUT2D eigenvalue weighted by Gasteiger charge is 2.30. The normalized spacial score (nSPS) is 19.6. The number of carbonyl (C=O) groups excluding carboxylic acids is 2. The first-order valence-corrected chi connectivity index (χ1v) is 9.41. The lowest BCUT2D eigenvalue weighted by Crippen LogP contribution is -2.32. The molecule has 0 saturated heterocycles. The van der Waals surface area contributed by atoms with Crippen LogP contribution in [0.25, 0.3) is 0 Å². The Hall–Kier alpha value is -2.04. The average Bonchev–Trinajstić information content (AvgIpc) is 2.66. The SMILES string of the molecule is O=C(Nc1ccccc1)C1CCC(C(=O)Nc2cccc(Cl)c2Cl)CC1. The van der Waals surface area contributed by atoms with Crippen LogP contribution in [0.15, 0.2) is 48.5 Å². The van der Waals surface area contributed by atoms with Gasteiger partial charge in [-0.05, 0) is 49.9 Å². The molecule has 4 nitrogen and oxygen atoms in total. The van der Waals surface area contributed by atoms with Crippen molar-refractivity contribution in [3.63, 3.8) is 0 Å². The molecule has 1 aliphatic rings. The fourth-order valence-corrected chi connectivity index (χ4v) is 3.57. The van der Waals surface area contributed by atoms with Crippen molar-refractivity contribution in [2.75, 3.05) is 10.6 Å². The van der Waals surface area contributed by atoms with E-state index in [0.29, 0.717) is 41.4 Å². The Balaban J connectivity index is 1.52. The number of amides is 2. The molecule has 3 rings (SSSR count). The molecule has 2 amide bonds. The van der Waals surface area contributed by atoms with Gasteiger partial charge >= 0.3 is 0 Å². The van der Waals surface area contributed by atoms with Crippen LogP contribution in [-0.4, -0.2) is 11.8 Å². The number of nitrogens with one attached hydrogen (secondary N) is 2. The molecule has 136 valence electrons. The molecule has 0 radical (unpaired) electrons. The molecule has 2 N–H and O–H groups in total. The molecule has 0 bridgehead atoms. The molecule has 0 unspecified atom stereocenters. The maximum atomic E-state index is 12.5. The van der Waals surface area contributed by atoms with Gasteiger partial charge in [-0.1, -0.05) is 47.5 Å². The zero-order valence-corrected chi connectivity index (χ0v) is 15.7. The molecule has 2 aromatic carbocycles. The van der Waals surface area contributed by atoms with Crippen LogP contribution in [0.3, 0.4) is 0 Å². The van der Waals surface area contributed by atoms with Crippen molar-refractivity contribution in [3.05, 3.63) is 58.6 Å². The van der Waals surface area contributed by atoms with Gasteiger partial charge in [0.05, 0.1) is 15.7 Å². The lowest BCUT2D eigenvalue weighted by atomic mass is 9.81. The Morgan fingerprint density at radius 2 is 1.35 bits per heavy atom. The Bertz CT molecular complexity index is 788. The summed E-state index contributed by atoms with van der Waals surface area (Å²) in [7, 11) is 0. The minimum absolute atomic E-state index is 0.0212. The second-order valence-electron chi connectivity index (χ2n) is 6.49. The van der Waals surface area contributed by atoms with E-state index in [2.05, 4.69) is 10.6 Å². The third kappa shape index (κ3) is 4.57. The van der Waals surface area contributed by atoms with Crippen molar-refractivity contribution in [2.24, 2.45) is 11.8 Å². The third-order valence-electron chi connectivity index (χ3n) is 4.72. The van der Waals surface area contributed by atoms with Crippen molar-refractivity contribution in [1.29, 1.82) is 0 Å². The summed E-state index contributed by atoms with van der Waals surface area (Å²) < 4.78 is 0. The largest absolute Gasteiger partial charge is 0.326 e. The maximum absolute atomic E-state index is 12.5. The van der Waals surface area contributed by atoms with Gasteiger partial charge in [0.15, 0.2) is 0 Å². The van der Waals surface area contributed by atoms with Crippen LogP contribution in [0.4, 0.5) is 11.4 Å². The van der Waals surface area contributed by atoms with E-state index in [1.54, 1.807) is 18.2 Å². The first-order valence-electron chi connectivity index (χ1n) is 8.65. The Labute approximate surface area is 162 Å². The van der Waals surface area contributed by atoms with Crippen LogP contribution < -0.4 is 10.6 Å². The van der Waals surface area contributed by atoms with Gasteiger partial charge in [0, 0.05) is 17.5 Å². The van der Waals surface area contributed by atoms with Crippen LogP contribution in [-0.2, 0) is 9.59 Å². The first kappa shape index (κ1) is 18.7. The van der Waals surface area contributed by atoms with Gasteiger partial charge in [0.1, 0.15) is 0 Å². The number of hydrogen-bond donors (Lipinski definition) is 2. The van der Waals surface area contributed by atoms with Crippen molar-refractivity contribution in [3.8, 4) is 0 Å². The van der Waals surface area contributed by atoms with E-state index in [0.717, 1.165) is 5.69 Å². The minimum atomic E-state index is -0.120. The fraction of sp³-hybridized carbons (Fsp3) is 0.300. The number of para-hydroxylation sites is 1. The van der Waals surface area contributed by atoms with E-state index >= 15 is 0 Å². The fourth-order valence-electron chi connectivity index (χ4n) is 3.22. The Morgan fingerprint density at radius 3 is 1.96 bits per heavy atom. The van der Waals surface area contributed by atoms with E-state index < -0.39 is 0 Å². The lowest BCUT2D eigenvalue weighted by molar-refractivity contribution is -0.125. The number of benzene rings is 2. The molecular weight excluding hydrogens is 371 g/mol. The lowest BCUT2D eigenvalue weighted by Gasteiger charge is -2.27. The molecule has 0 atom stereocenters. The summed E-state index contributed by atoms with van der Waals surface area (Å²) in [6.45, 7) is 0. The van der Waals surface area contributed by atoms with Gasteiger partial charge in [-0.2, -0.15) is 0 Å². The molecule has 6 heteroatoms. The van der Waals surface area contributed by atoms with Crippen molar-refractivity contribution >= 4 is 46.4 Å². The number of halogens is 2. The summed E-state index contributed by atoms with van der Waals surface area (Å²) >= 11 is 12.1. The minimum Gasteiger partial charge on any atom is -0.326 e. The Morgan fingerprint density at radius 1 is 0.769 bits per heavy atom. The van der Waals surface area contributed by atoms with E-state index in [9.17, 15) is 9.59 Å². The second kappa shape index (κ2) is 8.56. The van der Waals surface area contributed by atoms with E-state index in [-0.39, 0.29) is 23.7 Å². The summed E-state index contributed by atoms with van der Waals surface area (Å²) in [5.74, 6) is -0.233. The highest BCUT2D eigenvalue weighted by Crippen LogP contribution is 2.33. The number of carbonyl (C=O) groups is 2. The van der Waals surface area contributed by atoms with E-state index in [1.165, 1.54) is 0 Å². The maximum Gasteiger partial charge on any atom is 0.227 e. The predicted molar refractivity (Wildman–Crippen MR) is 106 cm³/mol.